The van der Waals surface area contributed by atoms with Gasteiger partial charge in [-0.25, -0.2) is 0 Å². The summed E-state index contributed by atoms with van der Waals surface area (Å²) in [7, 11) is 4.16. The predicted molar refractivity (Wildman–Crippen MR) is 136 cm³/mol. The number of likely N-dealkylation sites (N-methyl/N-ethyl adjacent to an activating group) is 1. The number of aromatic amines is 1. The highest BCUT2D eigenvalue weighted by atomic mass is 31.0. The van der Waals surface area contributed by atoms with Crippen LogP contribution in [0.4, 0.5) is 13.2 Å². The summed E-state index contributed by atoms with van der Waals surface area (Å²) in [5.74, 6) is 0.261. The van der Waals surface area contributed by atoms with Crippen molar-refractivity contribution in [2.24, 2.45) is 11.8 Å². The number of aromatic nitrogens is 1. The van der Waals surface area contributed by atoms with Gasteiger partial charge in [0.1, 0.15) is 11.8 Å². The summed E-state index contributed by atoms with van der Waals surface area (Å²) in [6.45, 7) is 2.50. The van der Waals surface area contributed by atoms with E-state index in [4.69, 9.17) is 0 Å². The number of halogens is 3. The van der Waals surface area contributed by atoms with Crippen molar-refractivity contribution in [3.05, 3.63) is 65.0 Å². The zero-order valence-corrected chi connectivity index (χ0v) is 21.4. The molecule has 4 rings (SSSR count). The first-order chi connectivity index (χ1) is 16.9. The Hall–Kier alpha value is -2.61. The van der Waals surface area contributed by atoms with E-state index in [9.17, 15) is 23.2 Å². The fourth-order valence-electron chi connectivity index (χ4n) is 4.86. The summed E-state index contributed by atoms with van der Waals surface area (Å²) in [5.41, 5.74) is 3.49. The van der Waals surface area contributed by atoms with Crippen molar-refractivity contribution in [2.75, 3.05) is 13.6 Å². The molecule has 0 spiro atoms. The van der Waals surface area contributed by atoms with Gasteiger partial charge in [0.25, 0.3) is 5.91 Å². The largest absolute Gasteiger partial charge is 0.628 e. The molecule has 1 aliphatic carbocycles. The number of rotatable bonds is 6. The molecule has 1 saturated carbocycles. The third-order valence-electron chi connectivity index (χ3n) is 7.13. The molecule has 1 aromatic heterocycles. The van der Waals surface area contributed by atoms with Gasteiger partial charge in [-0.2, -0.15) is 0 Å². The lowest BCUT2D eigenvalue weighted by atomic mass is 9.77. The standard InChI is InChI=1S/C26H31F3N3O3P/c1-16-13-20(11-12-32(16,2)34)18-5-3-17(4-6-18)15-30-25(33)22-14-23(36)31-24(22)19-7-9-21(10-8-19)35-26(27,28)29/h7-14,16-18,31H,3-6,15,36H2,1-2H3,(H,30,33). The molecule has 194 valence electrons. The lowest BCUT2D eigenvalue weighted by Crippen LogP contribution is -2.41. The summed E-state index contributed by atoms with van der Waals surface area (Å²) in [5, 5.41) is 15.3. The first-order valence-electron chi connectivity index (χ1n) is 12.0. The van der Waals surface area contributed by atoms with E-state index in [2.05, 4.69) is 30.4 Å². The molecule has 1 aromatic carbocycles. The van der Waals surface area contributed by atoms with E-state index >= 15 is 0 Å². The van der Waals surface area contributed by atoms with Crippen molar-refractivity contribution in [3.63, 3.8) is 0 Å². The molecular formula is C26H31F3N3O3P. The van der Waals surface area contributed by atoms with Gasteiger partial charge in [0, 0.05) is 12.0 Å². The summed E-state index contributed by atoms with van der Waals surface area (Å²) in [4.78, 5) is 16.1. The second-order valence-electron chi connectivity index (χ2n) is 9.80. The SMILES string of the molecule is CC1C=C(C2CCC(CNC(=O)c3cc(P)[nH]c3-c3ccc(OC(F)(F)F)cc3)CC2)C=C[N+]1(C)[O-]. The summed E-state index contributed by atoms with van der Waals surface area (Å²) in [6, 6.07) is 7.03. The van der Waals surface area contributed by atoms with Crippen LogP contribution >= 0.6 is 9.24 Å². The first-order valence-corrected chi connectivity index (χ1v) is 12.6. The maximum Gasteiger partial charge on any atom is 0.573 e. The van der Waals surface area contributed by atoms with E-state index < -0.39 is 6.36 Å². The number of amides is 1. The predicted octanol–water partition coefficient (Wildman–Crippen LogP) is 5.40. The van der Waals surface area contributed by atoms with Crippen molar-refractivity contribution >= 4 is 20.6 Å². The molecule has 3 atom stereocenters. The molecule has 36 heavy (non-hydrogen) atoms. The number of nitrogens with zero attached hydrogens (tertiary/aromatic N) is 1. The Bertz CT molecular complexity index is 1150. The number of H-pyrrole nitrogens is 1. The number of benzene rings is 1. The van der Waals surface area contributed by atoms with Gasteiger partial charge in [0.15, 0.2) is 0 Å². The number of hydrogen-bond acceptors (Lipinski definition) is 3. The summed E-state index contributed by atoms with van der Waals surface area (Å²) >= 11 is 0. The van der Waals surface area contributed by atoms with Gasteiger partial charge < -0.3 is 24.9 Å². The minimum Gasteiger partial charge on any atom is -0.628 e. The van der Waals surface area contributed by atoms with Crippen molar-refractivity contribution in [3.8, 4) is 17.0 Å². The Kier molecular flexibility index (Phi) is 7.64. The van der Waals surface area contributed by atoms with E-state index in [1.54, 1.807) is 19.3 Å². The number of ether oxygens (including phenoxy) is 1. The van der Waals surface area contributed by atoms with Crippen LogP contribution < -0.4 is 15.5 Å². The molecule has 3 unspecified atom stereocenters. The number of hydrogen-bond donors (Lipinski definition) is 2. The summed E-state index contributed by atoms with van der Waals surface area (Å²) < 4.78 is 40.8. The topological polar surface area (TPSA) is 77.2 Å². The molecule has 1 fully saturated rings. The Morgan fingerprint density at radius 2 is 1.89 bits per heavy atom. The van der Waals surface area contributed by atoms with Crippen LogP contribution in [0.5, 0.6) is 5.75 Å². The van der Waals surface area contributed by atoms with Crippen LogP contribution in [0.3, 0.4) is 0 Å². The van der Waals surface area contributed by atoms with Crippen LogP contribution in [0.25, 0.3) is 11.3 Å². The zero-order chi connectivity index (χ0) is 26.1. The van der Waals surface area contributed by atoms with E-state index in [1.165, 1.54) is 29.8 Å². The minimum atomic E-state index is -4.76. The average Bonchev–Trinajstić information content (AvgIpc) is 3.21. The zero-order valence-electron chi connectivity index (χ0n) is 20.3. The molecule has 2 aliphatic rings. The van der Waals surface area contributed by atoms with Crippen LogP contribution in [0.2, 0.25) is 0 Å². The number of alkyl halides is 3. The highest BCUT2D eigenvalue weighted by Gasteiger charge is 2.31. The number of carbonyl (C=O) groups excluding carboxylic acids is 1. The molecule has 10 heteroatoms. The molecular weight excluding hydrogens is 490 g/mol. The second kappa shape index (κ2) is 10.4. The first kappa shape index (κ1) is 26.5. The van der Waals surface area contributed by atoms with Gasteiger partial charge in [0.05, 0.1) is 24.5 Å². The van der Waals surface area contributed by atoms with Gasteiger partial charge >= 0.3 is 6.36 Å². The van der Waals surface area contributed by atoms with Crippen LogP contribution in [0.1, 0.15) is 43.0 Å². The van der Waals surface area contributed by atoms with Crippen LogP contribution in [-0.2, 0) is 0 Å². The van der Waals surface area contributed by atoms with Gasteiger partial charge in [-0.3, -0.25) is 4.79 Å². The van der Waals surface area contributed by atoms with Crippen molar-refractivity contribution in [2.45, 2.75) is 45.0 Å². The van der Waals surface area contributed by atoms with Crippen molar-refractivity contribution in [1.82, 2.24) is 10.3 Å². The van der Waals surface area contributed by atoms with E-state index in [0.29, 0.717) is 40.6 Å². The normalized spacial score (nSPS) is 26.4. The minimum absolute atomic E-state index is 0.0902. The smallest absolute Gasteiger partial charge is 0.573 e. The number of hydroxylamine groups is 3. The molecule has 0 radical (unpaired) electrons. The summed E-state index contributed by atoms with van der Waals surface area (Å²) in [6.07, 6.45) is 5.04. The lowest BCUT2D eigenvalue weighted by molar-refractivity contribution is -0.826. The highest BCUT2D eigenvalue weighted by molar-refractivity contribution is 7.27. The number of quaternary nitrogens is 1. The monoisotopic (exact) mass is 521 g/mol. The average molecular weight is 522 g/mol. The third-order valence-corrected chi connectivity index (χ3v) is 7.45. The third kappa shape index (κ3) is 6.38. The van der Waals surface area contributed by atoms with Crippen LogP contribution in [0, 0.1) is 17.0 Å². The fraction of sp³-hybridized carbons (Fsp3) is 0.423. The van der Waals surface area contributed by atoms with Gasteiger partial charge in [-0.05, 0) is 98.1 Å². The van der Waals surface area contributed by atoms with Gasteiger partial charge in [-0.1, -0.05) is 9.24 Å². The molecule has 2 heterocycles. The van der Waals surface area contributed by atoms with Crippen molar-refractivity contribution < 1.29 is 27.3 Å². The molecule has 0 bridgehead atoms. The highest BCUT2D eigenvalue weighted by Crippen LogP contribution is 2.36. The Morgan fingerprint density at radius 1 is 1.22 bits per heavy atom. The Labute approximate surface area is 211 Å². The quantitative estimate of drug-likeness (QED) is 0.304. The lowest BCUT2D eigenvalue weighted by Gasteiger charge is -2.42. The van der Waals surface area contributed by atoms with E-state index in [0.717, 1.165) is 25.7 Å². The Balaban J connectivity index is 1.33. The molecule has 2 N–H and O–H groups in total. The molecule has 0 saturated heterocycles. The maximum absolute atomic E-state index is 13.0. The van der Waals surface area contributed by atoms with Gasteiger partial charge in [0.2, 0.25) is 0 Å². The van der Waals surface area contributed by atoms with E-state index in [-0.39, 0.29) is 22.3 Å². The number of carbonyl (C=O) groups is 1. The number of allylic oxidation sites excluding steroid dienone is 2. The fourth-order valence-corrected chi connectivity index (χ4v) is 5.17. The molecule has 1 amide bonds. The Morgan fingerprint density at radius 3 is 2.50 bits per heavy atom. The molecule has 2 aromatic rings. The van der Waals surface area contributed by atoms with Crippen LogP contribution in [0.15, 0.2) is 54.3 Å². The molecule has 6 nitrogen and oxygen atoms in total. The van der Waals surface area contributed by atoms with Gasteiger partial charge in [-0.15, -0.1) is 13.2 Å². The van der Waals surface area contributed by atoms with E-state index in [1.807, 2.05) is 13.0 Å². The van der Waals surface area contributed by atoms with Crippen molar-refractivity contribution in [1.29, 1.82) is 0 Å². The van der Waals surface area contributed by atoms with Crippen LogP contribution in [-0.4, -0.2) is 41.5 Å². The molecule has 1 aliphatic heterocycles. The second-order valence-corrected chi connectivity index (χ2v) is 10.4. The maximum atomic E-state index is 13.0. The number of nitrogens with one attached hydrogen (secondary N) is 2.